The molecule has 0 saturated carbocycles. The number of thiophene rings is 1. The molecule has 0 atom stereocenters. The molecule has 2 N–H and O–H groups in total. The largest absolute Gasteiger partial charge is 0.438 e. The molecule has 1 aliphatic carbocycles. The number of fused-ring (bicyclic) bond motifs is 2. The summed E-state index contributed by atoms with van der Waals surface area (Å²) in [4.78, 5) is 13.9. The highest BCUT2D eigenvalue weighted by Crippen LogP contribution is 2.37. The van der Waals surface area contributed by atoms with E-state index in [0.717, 1.165) is 41.1 Å². The molecule has 0 radical (unpaired) electrons. The van der Waals surface area contributed by atoms with Gasteiger partial charge in [-0.1, -0.05) is 15.9 Å². The van der Waals surface area contributed by atoms with Crippen molar-refractivity contribution >= 4 is 49.1 Å². The second-order valence-corrected chi connectivity index (χ2v) is 8.17. The molecular formula is C19H14BrN3O2S. The number of hydrogen-bond donors (Lipinski definition) is 2. The highest BCUT2D eigenvalue weighted by atomic mass is 79.9. The van der Waals surface area contributed by atoms with E-state index in [9.17, 15) is 10.1 Å². The molecule has 130 valence electrons. The van der Waals surface area contributed by atoms with Crippen LogP contribution in [0.5, 0.6) is 0 Å². The topological polar surface area (TPSA) is 89.9 Å². The molecule has 2 heterocycles. The quantitative estimate of drug-likeness (QED) is 0.618. The van der Waals surface area contributed by atoms with Crippen LogP contribution >= 0.6 is 27.3 Å². The summed E-state index contributed by atoms with van der Waals surface area (Å²) in [5, 5.41) is 21.7. The average Bonchev–Trinajstić information content (AvgIpc) is 2.98. The van der Waals surface area contributed by atoms with Gasteiger partial charge in [-0.25, -0.2) is 0 Å². The smallest absolute Gasteiger partial charge is 0.261 e. The Morgan fingerprint density at radius 1 is 1.31 bits per heavy atom. The Labute approximate surface area is 161 Å². The minimum absolute atomic E-state index is 0.144. The Balaban J connectivity index is 1.72. The van der Waals surface area contributed by atoms with Crippen molar-refractivity contribution in [2.75, 3.05) is 5.32 Å². The molecular weight excluding hydrogens is 414 g/mol. The first-order chi connectivity index (χ1) is 12.6. The molecule has 26 heavy (non-hydrogen) atoms. The lowest BCUT2D eigenvalue weighted by molar-refractivity contribution is 0.102. The number of carbonyl (C=O) groups is 1. The Hall–Kier alpha value is -2.43. The van der Waals surface area contributed by atoms with Crippen molar-refractivity contribution in [3.8, 4) is 6.07 Å². The van der Waals surface area contributed by atoms with Gasteiger partial charge in [0, 0.05) is 14.7 Å². The normalized spacial score (nSPS) is 13.2. The van der Waals surface area contributed by atoms with Gasteiger partial charge in [0.05, 0.1) is 5.56 Å². The van der Waals surface area contributed by atoms with Gasteiger partial charge in [-0.05, 0) is 55.5 Å². The maximum absolute atomic E-state index is 12.7. The van der Waals surface area contributed by atoms with Crippen LogP contribution in [0.15, 0.2) is 33.2 Å². The molecule has 0 saturated heterocycles. The van der Waals surface area contributed by atoms with Crippen molar-refractivity contribution in [3.63, 3.8) is 0 Å². The van der Waals surface area contributed by atoms with Crippen LogP contribution in [0.4, 0.5) is 5.00 Å². The molecule has 1 amide bonds. The third-order valence-electron chi connectivity index (χ3n) is 4.48. The number of hydrogen-bond acceptors (Lipinski definition) is 5. The minimum atomic E-state index is -0.435. The number of nitrogens with one attached hydrogen (secondary N) is 2. The Morgan fingerprint density at radius 2 is 2.12 bits per heavy atom. The number of nitrogens with zero attached hydrogens (tertiary/aromatic N) is 1. The van der Waals surface area contributed by atoms with E-state index < -0.39 is 5.91 Å². The summed E-state index contributed by atoms with van der Waals surface area (Å²) in [6, 6.07) is 9.27. The van der Waals surface area contributed by atoms with Gasteiger partial charge in [0.15, 0.2) is 0 Å². The van der Waals surface area contributed by atoms with E-state index >= 15 is 0 Å². The molecule has 3 aromatic rings. The van der Waals surface area contributed by atoms with Crippen LogP contribution in [0.3, 0.4) is 0 Å². The van der Waals surface area contributed by atoms with E-state index in [2.05, 4.69) is 27.3 Å². The van der Waals surface area contributed by atoms with E-state index in [1.807, 2.05) is 12.1 Å². The third-order valence-corrected chi connectivity index (χ3v) is 6.18. The number of halogens is 1. The zero-order valence-electron chi connectivity index (χ0n) is 13.7. The maximum atomic E-state index is 12.7. The van der Waals surface area contributed by atoms with E-state index in [1.54, 1.807) is 12.1 Å². The fraction of sp³-hybridized carbons (Fsp3) is 0.211. The standard InChI is InChI=1S/C19H14BrN3O2S/c20-11-5-6-15-10(7-11)8-13(17(22)25-15)18(24)23-19-14(9-21)12-3-1-2-4-16(12)26-19/h5-8,22H,1-4H2,(H,23,24). The molecule has 1 aromatic carbocycles. The number of carbonyl (C=O) groups excluding carboxylic acids is 1. The lowest BCUT2D eigenvalue weighted by atomic mass is 9.96. The highest BCUT2D eigenvalue weighted by Gasteiger charge is 2.23. The van der Waals surface area contributed by atoms with Gasteiger partial charge in [0.25, 0.3) is 5.91 Å². The zero-order valence-corrected chi connectivity index (χ0v) is 16.1. The molecule has 7 heteroatoms. The van der Waals surface area contributed by atoms with Crippen molar-refractivity contribution < 1.29 is 9.21 Å². The van der Waals surface area contributed by atoms with E-state index in [4.69, 9.17) is 9.83 Å². The van der Waals surface area contributed by atoms with Gasteiger partial charge in [0.2, 0.25) is 5.55 Å². The molecule has 0 unspecified atom stereocenters. The summed E-state index contributed by atoms with van der Waals surface area (Å²) in [5.74, 6) is -0.435. The number of nitriles is 1. The number of anilines is 1. The molecule has 0 aliphatic heterocycles. The molecule has 0 fully saturated rings. The molecule has 0 bridgehead atoms. The summed E-state index contributed by atoms with van der Waals surface area (Å²) in [7, 11) is 0. The van der Waals surface area contributed by atoms with Gasteiger partial charge < -0.3 is 9.73 Å². The highest BCUT2D eigenvalue weighted by molar-refractivity contribution is 9.10. The Kier molecular flexibility index (Phi) is 4.39. The van der Waals surface area contributed by atoms with Crippen LogP contribution in [-0.4, -0.2) is 5.91 Å². The van der Waals surface area contributed by atoms with Gasteiger partial charge in [-0.15, -0.1) is 11.3 Å². The first-order valence-corrected chi connectivity index (χ1v) is 9.82. The first-order valence-electron chi connectivity index (χ1n) is 8.21. The van der Waals surface area contributed by atoms with Crippen LogP contribution in [0.25, 0.3) is 11.0 Å². The summed E-state index contributed by atoms with van der Waals surface area (Å²) in [6.45, 7) is 0. The monoisotopic (exact) mass is 427 g/mol. The maximum Gasteiger partial charge on any atom is 0.261 e. The third kappa shape index (κ3) is 2.96. The summed E-state index contributed by atoms with van der Waals surface area (Å²) in [6.07, 6.45) is 4.02. The lowest BCUT2D eigenvalue weighted by Crippen LogP contribution is -2.20. The van der Waals surface area contributed by atoms with Crippen LogP contribution < -0.4 is 10.9 Å². The molecule has 5 nitrogen and oxygen atoms in total. The fourth-order valence-electron chi connectivity index (χ4n) is 3.22. The van der Waals surface area contributed by atoms with Gasteiger partial charge in [-0.2, -0.15) is 5.26 Å². The fourth-order valence-corrected chi connectivity index (χ4v) is 4.84. The van der Waals surface area contributed by atoms with Crippen LogP contribution in [0.2, 0.25) is 0 Å². The van der Waals surface area contributed by atoms with Gasteiger partial charge in [-0.3, -0.25) is 10.2 Å². The molecule has 4 rings (SSSR count). The van der Waals surface area contributed by atoms with Crippen molar-refractivity contribution in [1.29, 1.82) is 10.7 Å². The minimum Gasteiger partial charge on any atom is -0.438 e. The van der Waals surface area contributed by atoms with Crippen LogP contribution in [0.1, 0.15) is 39.2 Å². The summed E-state index contributed by atoms with van der Waals surface area (Å²) < 4.78 is 6.33. The summed E-state index contributed by atoms with van der Waals surface area (Å²) >= 11 is 4.86. The van der Waals surface area contributed by atoms with Crippen molar-refractivity contribution in [1.82, 2.24) is 0 Å². The van der Waals surface area contributed by atoms with E-state index in [-0.39, 0.29) is 11.1 Å². The molecule has 2 aromatic heterocycles. The predicted molar refractivity (Wildman–Crippen MR) is 103 cm³/mol. The van der Waals surface area contributed by atoms with Crippen molar-refractivity contribution in [3.05, 3.63) is 55.9 Å². The number of benzene rings is 1. The number of rotatable bonds is 2. The van der Waals surface area contributed by atoms with Crippen molar-refractivity contribution in [2.24, 2.45) is 0 Å². The van der Waals surface area contributed by atoms with E-state index in [0.29, 0.717) is 16.1 Å². The lowest BCUT2D eigenvalue weighted by Gasteiger charge is -2.09. The number of amides is 1. The summed E-state index contributed by atoms with van der Waals surface area (Å²) in [5.41, 5.74) is 2.12. The van der Waals surface area contributed by atoms with Gasteiger partial charge >= 0.3 is 0 Å². The average molecular weight is 428 g/mol. The van der Waals surface area contributed by atoms with E-state index in [1.165, 1.54) is 16.2 Å². The van der Waals surface area contributed by atoms with Crippen molar-refractivity contribution in [2.45, 2.75) is 25.7 Å². The Bertz CT molecular complexity index is 1140. The Morgan fingerprint density at radius 3 is 2.92 bits per heavy atom. The SMILES string of the molecule is N#Cc1c(NC(=O)c2cc3cc(Br)ccc3oc2=N)sc2c1CCCC2. The van der Waals surface area contributed by atoms with Crippen LogP contribution in [-0.2, 0) is 12.8 Å². The number of aryl methyl sites for hydroxylation is 1. The second-order valence-electron chi connectivity index (χ2n) is 6.15. The zero-order chi connectivity index (χ0) is 18.3. The molecule has 0 spiro atoms. The molecule has 1 aliphatic rings. The predicted octanol–water partition coefficient (Wildman–Crippen LogP) is 4.74. The van der Waals surface area contributed by atoms with Gasteiger partial charge in [0.1, 0.15) is 22.2 Å². The second kappa shape index (κ2) is 6.71. The first kappa shape index (κ1) is 17.0. The van der Waals surface area contributed by atoms with Crippen LogP contribution in [0, 0.1) is 16.7 Å².